The Morgan fingerprint density at radius 1 is 1.30 bits per heavy atom. The molecular weight excluding hydrogens is 374 g/mol. The van der Waals surface area contributed by atoms with Gasteiger partial charge in [0.25, 0.3) is 0 Å². The van der Waals surface area contributed by atoms with Crippen molar-refractivity contribution in [1.29, 1.82) is 5.26 Å². The highest BCUT2D eigenvalue weighted by Gasteiger charge is 2.28. The van der Waals surface area contributed by atoms with Gasteiger partial charge in [0, 0.05) is 42.5 Å². The predicted octanol–water partition coefficient (Wildman–Crippen LogP) is 3.63. The molecule has 6 nitrogen and oxygen atoms in total. The van der Waals surface area contributed by atoms with E-state index < -0.39 is 0 Å². The second-order valence-electron chi connectivity index (χ2n) is 8.21. The molecule has 0 radical (unpaired) electrons. The molecule has 1 fully saturated rings. The first-order chi connectivity index (χ1) is 14.7. The van der Waals surface area contributed by atoms with Gasteiger partial charge in [0.1, 0.15) is 5.65 Å². The summed E-state index contributed by atoms with van der Waals surface area (Å²) in [7, 11) is 0. The van der Waals surface area contributed by atoms with Crippen LogP contribution in [0.15, 0.2) is 30.6 Å². The molecule has 0 bridgehead atoms. The first kappa shape index (κ1) is 18.8. The minimum atomic E-state index is 0.197. The van der Waals surface area contributed by atoms with Crippen LogP contribution in [-0.2, 0) is 24.2 Å². The number of rotatable bonds is 4. The van der Waals surface area contributed by atoms with Gasteiger partial charge in [-0.15, -0.1) is 0 Å². The smallest absolute Gasteiger partial charge is 0.227 e. The number of amides is 1. The van der Waals surface area contributed by atoms with Crippen LogP contribution in [0.25, 0.3) is 22.2 Å². The Kier molecular flexibility index (Phi) is 4.76. The van der Waals surface area contributed by atoms with E-state index in [0.29, 0.717) is 25.4 Å². The highest BCUT2D eigenvalue weighted by atomic mass is 16.2. The fourth-order valence-electron chi connectivity index (χ4n) is 4.82. The Hall–Kier alpha value is -3.17. The molecule has 4 heterocycles. The number of fused-ring (bicyclic) bond motifs is 2. The molecule has 1 aromatic carbocycles. The van der Waals surface area contributed by atoms with Crippen LogP contribution in [0.2, 0.25) is 0 Å². The zero-order chi connectivity index (χ0) is 20.7. The number of aromatic amines is 1. The van der Waals surface area contributed by atoms with Gasteiger partial charge in [-0.25, -0.2) is 4.98 Å². The molecular formula is C24H25N5O. The van der Waals surface area contributed by atoms with E-state index in [1.165, 1.54) is 17.5 Å². The molecule has 2 aliphatic rings. The summed E-state index contributed by atoms with van der Waals surface area (Å²) in [4.78, 5) is 22.3. The summed E-state index contributed by atoms with van der Waals surface area (Å²) >= 11 is 0. The van der Waals surface area contributed by atoms with Crippen molar-refractivity contribution < 1.29 is 4.79 Å². The summed E-state index contributed by atoms with van der Waals surface area (Å²) in [6.45, 7) is 4.52. The van der Waals surface area contributed by atoms with Gasteiger partial charge >= 0.3 is 0 Å². The molecule has 0 unspecified atom stereocenters. The van der Waals surface area contributed by atoms with Crippen molar-refractivity contribution >= 4 is 16.9 Å². The summed E-state index contributed by atoms with van der Waals surface area (Å²) in [5.74, 6) is 0.197. The lowest BCUT2D eigenvalue weighted by Crippen LogP contribution is -2.37. The van der Waals surface area contributed by atoms with Crippen molar-refractivity contribution in [2.45, 2.75) is 45.2 Å². The third kappa shape index (κ3) is 3.16. The summed E-state index contributed by atoms with van der Waals surface area (Å²) in [5.41, 5.74) is 7.64. The van der Waals surface area contributed by atoms with Crippen LogP contribution >= 0.6 is 0 Å². The van der Waals surface area contributed by atoms with Crippen LogP contribution in [0.1, 0.15) is 48.1 Å². The number of nitrogens with zero attached hydrogens (tertiary/aromatic N) is 3. The minimum absolute atomic E-state index is 0.197. The number of hydrogen-bond donors (Lipinski definition) is 2. The quantitative estimate of drug-likeness (QED) is 0.702. The van der Waals surface area contributed by atoms with E-state index in [9.17, 15) is 4.79 Å². The number of nitrogens with one attached hydrogen (secondary N) is 2. The third-order valence-corrected chi connectivity index (χ3v) is 6.46. The Bertz CT molecular complexity index is 1170. The fourth-order valence-corrected chi connectivity index (χ4v) is 4.82. The number of carbonyl (C=O) groups is 1. The number of benzene rings is 1. The van der Waals surface area contributed by atoms with Crippen LogP contribution in [-0.4, -0.2) is 33.9 Å². The average molecular weight is 399 g/mol. The van der Waals surface area contributed by atoms with Crippen molar-refractivity contribution in [3.05, 3.63) is 52.8 Å². The van der Waals surface area contributed by atoms with E-state index >= 15 is 0 Å². The molecule has 2 aliphatic heterocycles. The highest BCUT2D eigenvalue weighted by Crippen LogP contribution is 2.36. The van der Waals surface area contributed by atoms with E-state index in [2.05, 4.69) is 39.6 Å². The lowest BCUT2D eigenvalue weighted by atomic mass is 9.87. The second kappa shape index (κ2) is 7.58. The normalized spacial score (nSPS) is 18.6. The van der Waals surface area contributed by atoms with Gasteiger partial charge in [-0.3, -0.25) is 4.79 Å². The Morgan fingerprint density at radius 2 is 2.20 bits per heavy atom. The van der Waals surface area contributed by atoms with E-state index in [1.54, 1.807) is 0 Å². The van der Waals surface area contributed by atoms with Gasteiger partial charge < -0.3 is 15.2 Å². The molecule has 30 heavy (non-hydrogen) atoms. The van der Waals surface area contributed by atoms with E-state index in [1.807, 2.05) is 24.2 Å². The summed E-state index contributed by atoms with van der Waals surface area (Å²) in [6, 6.07) is 9.12. The first-order valence-corrected chi connectivity index (χ1v) is 10.7. The van der Waals surface area contributed by atoms with Crippen molar-refractivity contribution in [3.63, 3.8) is 0 Å². The number of hydrogen-bond acceptors (Lipinski definition) is 4. The van der Waals surface area contributed by atoms with Gasteiger partial charge in [-0.05, 0) is 66.3 Å². The topological polar surface area (TPSA) is 84.8 Å². The summed E-state index contributed by atoms with van der Waals surface area (Å²) in [6.07, 6.45) is 6.85. The van der Waals surface area contributed by atoms with E-state index in [0.717, 1.165) is 52.8 Å². The van der Waals surface area contributed by atoms with E-state index in [-0.39, 0.29) is 5.91 Å². The van der Waals surface area contributed by atoms with Gasteiger partial charge in [0.2, 0.25) is 5.91 Å². The van der Waals surface area contributed by atoms with Gasteiger partial charge in [-0.2, -0.15) is 5.26 Å². The zero-order valence-electron chi connectivity index (χ0n) is 17.2. The van der Waals surface area contributed by atoms with Gasteiger partial charge in [0.15, 0.2) is 0 Å². The molecule has 1 saturated heterocycles. The van der Waals surface area contributed by atoms with E-state index in [4.69, 9.17) is 5.26 Å². The maximum absolute atomic E-state index is 12.6. The van der Waals surface area contributed by atoms with Crippen LogP contribution < -0.4 is 5.32 Å². The lowest BCUT2D eigenvalue weighted by molar-refractivity contribution is -0.131. The number of nitriles is 1. The molecule has 0 aliphatic carbocycles. The first-order valence-electron chi connectivity index (χ1n) is 10.7. The summed E-state index contributed by atoms with van der Waals surface area (Å²) in [5, 5.41) is 13.7. The molecule has 2 aromatic heterocycles. The third-order valence-electron chi connectivity index (χ3n) is 6.46. The zero-order valence-corrected chi connectivity index (χ0v) is 17.2. The van der Waals surface area contributed by atoms with Crippen molar-refractivity contribution in [3.8, 4) is 17.2 Å². The largest absolute Gasteiger partial charge is 0.346 e. The molecule has 6 heteroatoms. The van der Waals surface area contributed by atoms with Crippen LogP contribution in [0.3, 0.4) is 0 Å². The maximum Gasteiger partial charge on any atom is 0.227 e. The number of carbonyl (C=O) groups excluding carboxylic acids is 1. The van der Waals surface area contributed by atoms with Crippen molar-refractivity contribution in [2.24, 2.45) is 0 Å². The number of H-pyrrole nitrogens is 1. The standard InChI is InChI=1S/C24H25N5O/c1-2-29-14-21-17(11-23(29)30)8-16(9-20(21)22-4-3-7-26-22)18-10-19-15(5-6-25)12-27-24(19)28-13-18/h8-10,12-13,22,26H,2-5,7,11,14H2,1H3,(H,27,28)/t22-/m0/s1. The highest BCUT2D eigenvalue weighted by molar-refractivity contribution is 5.86. The molecule has 1 amide bonds. The Balaban J connectivity index is 1.64. The molecule has 0 spiro atoms. The molecule has 3 aromatic rings. The SMILES string of the molecule is CCN1Cc2c(cc(-c3cnc4[nH]cc(CC#N)c4c3)cc2[C@@H]2CCCN2)CC1=O. The van der Waals surface area contributed by atoms with Crippen LogP contribution in [0.4, 0.5) is 0 Å². The minimum Gasteiger partial charge on any atom is -0.346 e. The molecule has 1 atom stereocenters. The monoisotopic (exact) mass is 399 g/mol. The predicted molar refractivity (Wildman–Crippen MR) is 116 cm³/mol. The van der Waals surface area contributed by atoms with Crippen LogP contribution in [0, 0.1) is 11.3 Å². The van der Waals surface area contributed by atoms with Gasteiger partial charge in [0.05, 0.1) is 18.9 Å². The van der Waals surface area contributed by atoms with Gasteiger partial charge in [-0.1, -0.05) is 6.07 Å². The lowest BCUT2D eigenvalue weighted by Gasteiger charge is -2.31. The number of aromatic nitrogens is 2. The average Bonchev–Trinajstić information content (AvgIpc) is 3.43. The number of likely N-dealkylation sites (N-methyl/N-ethyl adjacent to an activating group) is 1. The maximum atomic E-state index is 12.6. The number of pyridine rings is 1. The van der Waals surface area contributed by atoms with Crippen molar-refractivity contribution in [2.75, 3.05) is 13.1 Å². The second-order valence-corrected chi connectivity index (χ2v) is 8.21. The Morgan fingerprint density at radius 3 is 2.97 bits per heavy atom. The Labute approximate surface area is 175 Å². The molecule has 2 N–H and O–H groups in total. The molecule has 152 valence electrons. The molecule has 5 rings (SSSR count). The molecule has 0 saturated carbocycles. The van der Waals surface area contributed by atoms with Crippen molar-refractivity contribution in [1.82, 2.24) is 20.2 Å². The van der Waals surface area contributed by atoms with Crippen LogP contribution in [0.5, 0.6) is 0 Å². The fraction of sp³-hybridized carbons (Fsp3) is 0.375. The summed E-state index contributed by atoms with van der Waals surface area (Å²) < 4.78 is 0.